The van der Waals surface area contributed by atoms with E-state index in [1.165, 1.54) is 73.3 Å². The summed E-state index contributed by atoms with van der Waals surface area (Å²) in [5, 5.41) is 35.8. The number of ether oxygens (including phenoxy) is 8. The van der Waals surface area contributed by atoms with Gasteiger partial charge in [0.25, 0.3) is 5.69 Å². The lowest BCUT2D eigenvalue weighted by molar-refractivity contribution is -0.385. The summed E-state index contributed by atoms with van der Waals surface area (Å²) in [6.45, 7) is 27.3. The minimum atomic E-state index is -3.97. The zero-order valence-corrected chi connectivity index (χ0v) is 62.4. The summed E-state index contributed by atoms with van der Waals surface area (Å²) in [6.07, 6.45) is 1.07. The fourth-order valence-corrected chi connectivity index (χ4v) is 15.3. The molecule has 99 heavy (non-hydrogen) atoms. The van der Waals surface area contributed by atoms with E-state index in [4.69, 9.17) is 42.5 Å². The number of nitrogens with one attached hydrogen (secondary N) is 1. The summed E-state index contributed by atoms with van der Waals surface area (Å²) >= 11 is 5.11. The first-order chi connectivity index (χ1) is 46.4. The van der Waals surface area contributed by atoms with Crippen LogP contribution in [-0.2, 0) is 76.4 Å². The fourth-order valence-electron chi connectivity index (χ4n) is 9.55. The maximum absolute atomic E-state index is 14.4. The van der Waals surface area contributed by atoms with Crippen LogP contribution in [0.25, 0.3) is 11.0 Å². The third-order valence-corrected chi connectivity index (χ3v) is 21.0. The van der Waals surface area contributed by atoms with Gasteiger partial charge in [0, 0.05) is 37.4 Å². The van der Waals surface area contributed by atoms with E-state index in [-0.39, 0.29) is 69.8 Å². The van der Waals surface area contributed by atoms with E-state index in [9.17, 15) is 42.8 Å². The molecule has 8 bridgehead atoms. The minimum absolute atomic E-state index is 0.00220. The summed E-state index contributed by atoms with van der Waals surface area (Å²) < 4.78 is 80.8. The van der Waals surface area contributed by atoms with Gasteiger partial charge < -0.3 is 43.0 Å². The van der Waals surface area contributed by atoms with Crippen molar-refractivity contribution in [2.24, 2.45) is 5.10 Å². The van der Waals surface area contributed by atoms with Crippen molar-refractivity contribution < 1.29 is 80.1 Å². The highest BCUT2D eigenvalue weighted by atomic mass is 32.2. The van der Waals surface area contributed by atoms with Crippen LogP contribution in [0.4, 0.5) is 11.4 Å². The predicted molar refractivity (Wildman–Crippen MR) is 377 cm³/mol. The van der Waals surface area contributed by atoms with Crippen molar-refractivity contribution in [3.63, 3.8) is 0 Å². The van der Waals surface area contributed by atoms with Gasteiger partial charge in [-0.15, -0.1) is 0 Å². The van der Waals surface area contributed by atoms with Crippen LogP contribution in [-0.4, -0.2) is 124 Å². The van der Waals surface area contributed by atoms with Crippen molar-refractivity contribution in [3.05, 3.63) is 116 Å². The zero-order valence-electron chi connectivity index (χ0n) is 58.3. The summed E-state index contributed by atoms with van der Waals surface area (Å²) in [5.41, 5.74) is 3.34. The number of fused-ring (bicyclic) bond motifs is 9. The number of carbonyl (C=O) groups is 4. The second-order valence-corrected chi connectivity index (χ2v) is 33.3. The molecule has 0 saturated heterocycles. The number of phenolic OH excluding ortho intramolecular Hbond substituents is 1. The highest BCUT2D eigenvalue weighted by Gasteiger charge is 2.33. The van der Waals surface area contributed by atoms with Gasteiger partial charge in [0.05, 0.1) is 75.8 Å². The molecule has 24 nitrogen and oxygen atoms in total. The van der Waals surface area contributed by atoms with E-state index in [1.54, 1.807) is 20.8 Å². The van der Waals surface area contributed by atoms with Gasteiger partial charge in [-0.2, -0.15) is 5.10 Å². The van der Waals surface area contributed by atoms with Crippen LogP contribution in [0, 0.1) is 10.1 Å². The van der Waals surface area contributed by atoms with Crippen LogP contribution >= 0.6 is 47.0 Å². The largest absolute Gasteiger partial charge is 0.507 e. The first-order valence-corrected chi connectivity index (χ1v) is 36.2. The number of hydrogen-bond donors (Lipinski definition) is 2. The Morgan fingerprint density at radius 3 is 1.20 bits per heavy atom. The number of carbonyl (C=O) groups excluding carboxylic acids is 4. The zero-order chi connectivity index (χ0) is 72.7. The first-order valence-electron chi connectivity index (χ1n) is 31.5. The Hall–Kier alpha value is -8.22. The molecule has 0 fully saturated rings. The Labute approximate surface area is 592 Å². The second kappa shape index (κ2) is 31.5. The van der Waals surface area contributed by atoms with E-state index in [1.807, 2.05) is 69.3 Å². The van der Waals surface area contributed by atoms with Crippen molar-refractivity contribution in [1.29, 1.82) is 0 Å². The van der Waals surface area contributed by atoms with E-state index < -0.39 is 105 Å². The van der Waals surface area contributed by atoms with E-state index in [2.05, 4.69) is 83.2 Å². The number of rotatable bonds is 23. The van der Waals surface area contributed by atoms with Gasteiger partial charge >= 0.3 is 23.9 Å². The van der Waals surface area contributed by atoms with Crippen molar-refractivity contribution in [1.82, 2.24) is 14.6 Å². The van der Waals surface area contributed by atoms with Gasteiger partial charge in [-0.05, 0) is 136 Å². The lowest BCUT2D eigenvalue weighted by Crippen LogP contribution is -2.22. The number of aromatic nitrogens is 2. The van der Waals surface area contributed by atoms with Crippen LogP contribution < -0.4 is 24.4 Å². The molecule has 8 rings (SSSR count). The van der Waals surface area contributed by atoms with Gasteiger partial charge in [-0.3, -0.25) is 15.5 Å². The van der Waals surface area contributed by atoms with Crippen molar-refractivity contribution in [3.8, 4) is 28.7 Å². The lowest BCUT2D eigenvalue weighted by atomic mass is 9.87. The highest BCUT2D eigenvalue weighted by Crippen LogP contribution is 2.57. The Bertz CT molecular complexity index is 4240. The number of esters is 4. The predicted octanol–water partition coefficient (Wildman–Crippen LogP) is 14.6. The summed E-state index contributed by atoms with van der Waals surface area (Å²) in [4.78, 5) is 70.4. The van der Waals surface area contributed by atoms with Gasteiger partial charge in [0.2, 0.25) is 10.0 Å². The van der Waals surface area contributed by atoms with E-state index >= 15 is 0 Å². The monoisotopic (exact) mass is 1450 g/mol. The second-order valence-electron chi connectivity index (χ2n) is 26.9. The van der Waals surface area contributed by atoms with Gasteiger partial charge in [0.15, 0.2) is 37.5 Å². The van der Waals surface area contributed by atoms with E-state index in [0.29, 0.717) is 44.9 Å². The SMILES string of the molecule is CCOC(=O)COc1c2cc(C(C)(C)C)cc1Sc1cc(C(C)(C)C)cc(c1OCC(=O)OCC)Sc1cc(C(C)(C)C)cc(c1OCC(=O)OCc1cc([N+](=O)[O-])cc(C=NNc3ccc(S(=O)(=O)N(C)C)c4nonc34)c1O)Sc1cc(C(C)(C)C)cc(c1OCC(=O)OCC)S2. The molecule has 0 atom stereocenters. The molecule has 2 N–H and O–H groups in total. The number of phenols is 1. The summed E-state index contributed by atoms with van der Waals surface area (Å²) in [7, 11) is -1.26. The third-order valence-electron chi connectivity index (χ3n) is 15.0. The molecule has 0 spiro atoms. The van der Waals surface area contributed by atoms with Crippen molar-refractivity contribution in [2.45, 2.75) is 176 Å². The number of anilines is 1. The maximum Gasteiger partial charge on any atom is 0.344 e. The van der Waals surface area contributed by atoms with Crippen LogP contribution in [0.15, 0.2) is 127 Å². The Kier molecular flexibility index (Phi) is 24.4. The molecule has 0 aliphatic carbocycles. The van der Waals surface area contributed by atoms with Crippen LogP contribution in [0.5, 0.6) is 28.7 Å². The molecule has 29 heteroatoms. The third kappa shape index (κ3) is 19.0. The quantitative estimate of drug-likeness (QED) is 0.0198. The molecule has 0 radical (unpaired) electrons. The maximum atomic E-state index is 14.4. The number of benzene rings is 6. The molecule has 0 saturated carbocycles. The number of nitro benzene ring substituents is 1. The van der Waals surface area contributed by atoms with Crippen molar-refractivity contribution >= 4 is 110 Å². The Balaban J connectivity index is 1.31. The molecule has 1 aliphatic heterocycles. The van der Waals surface area contributed by atoms with Crippen LogP contribution in [0.2, 0.25) is 0 Å². The van der Waals surface area contributed by atoms with Crippen LogP contribution in [0.3, 0.4) is 0 Å². The van der Waals surface area contributed by atoms with Gasteiger partial charge in [-0.1, -0.05) is 130 Å². The van der Waals surface area contributed by atoms with Gasteiger partial charge in [-0.25, -0.2) is 36.5 Å². The Morgan fingerprint density at radius 2 is 0.889 bits per heavy atom. The molecule has 2 heterocycles. The highest BCUT2D eigenvalue weighted by molar-refractivity contribution is 8.01. The molecule has 0 amide bonds. The molecule has 530 valence electrons. The summed E-state index contributed by atoms with van der Waals surface area (Å²) in [6, 6.07) is 20.6. The number of non-ortho nitro benzene ring substituents is 1. The average molecular weight is 1460 g/mol. The molecule has 7 aromatic rings. The Morgan fingerprint density at radius 1 is 0.556 bits per heavy atom. The number of aromatic hydroxyl groups is 1. The topological polar surface area (TPSA) is 306 Å². The van der Waals surface area contributed by atoms with Gasteiger partial charge in [0.1, 0.15) is 40.2 Å². The normalized spacial score (nSPS) is 12.9. The minimum Gasteiger partial charge on any atom is -0.507 e. The number of hydrogen-bond acceptors (Lipinski definition) is 26. The van der Waals surface area contributed by atoms with Crippen LogP contribution in [0.1, 0.15) is 137 Å². The molecule has 6 aromatic carbocycles. The molecule has 0 unspecified atom stereocenters. The first kappa shape index (κ1) is 76.5. The average Bonchev–Trinajstić information content (AvgIpc) is 1.53. The fraction of sp³-hybridized carbons (Fsp3) is 0.414. The molecular weight excluding hydrogens is 1370 g/mol. The molecule has 1 aromatic heterocycles. The number of nitro groups is 1. The number of nitrogens with zero attached hydrogens (tertiary/aromatic N) is 5. The molecule has 1 aliphatic rings. The lowest BCUT2D eigenvalue weighted by Gasteiger charge is -2.28. The van der Waals surface area contributed by atoms with Crippen molar-refractivity contribution in [2.75, 3.05) is 65.8 Å². The number of sulfonamides is 1. The molecular formula is C70H82N6O18S5. The standard InChI is InChI=1S/C70H82N6O18S5/c1-18-86-56(77)35-90-63-47-25-41(67(4,5)6)26-48(63)96-50-28-43(69(10,11)12)30-52(65(50)92-37-58(79)88-20-3)98-54-32-44(70(13,14)15)31-53(97-51-29-42(68(7,8)9)27-49(95-47)64(51)91-36-57(78)87-19-2)66(54)93-38-59(80)89-34-40-24-45(76(82)83)23-39(62(40)81)33-71-72-46-21-22-55(99(84,85)75(16)17)61-60(46)73-94-74-61/h21-33,72,81H,18-20,34-38H2,1-17H3. The van der Waals surface area contributed by atoms with E-state index in [0.717, 1.165) is 44.9 Å². The summed E-state index contributed by atoms with van der Waals surface area (Å²) in [5.74, 6) is -2.24. The number of hydrazone groups is 1. The smallest absolute Gasteiger partial charge is 0.344 e.